The number of rotatable bonds is 5. The topological polar surface area (TPSA) is 81.0 Å². The number of benzene rings is 1. The van der Waals surface area contributed by atoms with Crippen molar-refractivity contribution in [2.45, 2.75) is 30.8 Å². The fourth-order valence-electron chi connectivity index (χ4n) is 1.90. The molecule has 0 radical (unpaired) electrons. The Kier molecular flexibility index (Phi) is 4.74. The fraction of sp³-hybridized carbons (Fsp3) is 0.286. The van der Waals surface area contributed by atoms with Crippen LogP contribution in [0.15, 0.2) is 34.3 Å². The first-order chi connectivity index (χ1) is 9.97. The maximum atomic E-state index is 11.0. The smallest absolute Gasteiger partial charge is 0.272 e. The summed E-state index contributed by atoms with van der Waals surface area (Å²) in [6, 6.07) is 6.81. The van der Waals surface area contributed by atoms with Crippen LogP contribution >= 0.6 is 11.8 Å². The Balaban J connectivity index is 2.35. The van der Waals surface area contributed by atoms with Crippen molar-refractivity contribution in [1.82, 2.24) is 9.97 Å². The summed E-state index contributed by atoms with van der Waals surface area (Å²) in [5.41, 5.74) is 2.53. The molecule has 0 fully saturated rings. The second-order valence-electron chi connectivity index (χ2n) is 4.54. The highest BCUT2D eigenvalue weighted by atomic mass is 32.2. The van der Waals surface area contributed by atoms with Crippen molar-refractivity contribution in [3.8, 4) is 0 Å². The van der Waals surface area contributed by atoms with Crippen LogP contribution in [-0.2, 0) is 0 Å². The lowest BCUT2D eigenvalue weighted by atomic mass is 10.3. The SMILES string of the molecule is CCNc1cc(Sc2nc(C)cc(C)n2)cc([N+](=O)[O-])c1. The van der Waals surface area contributed by atoms with Crippen molar-refractivity contribution < 1.29 is 4.92 Å². The number of hydrogen-bond acceptors (Lipinski definition) is 6. The lowest BCUT2D eigenvalue weighted by Crippen LogP contribution is -1.98. The molecule has 0 spiro atoms. The van der Waals surface area contributed by atoms with Crippen molar-refractivity contribution in [3.63, 3.8) is 0 Å². The molecular weight excluding hydrogens is 288 g/mol. The molecule has 6 nitrogen and oxygen atoms in total. The molecule has 1 heterocycles. The van der Waals surface area contributed by atoms with Crippen molar-refractivity contribution in [1.29, 1.82) is 0 Å². The Morgan fingerprint density at radius 1 is 1.19 bits per heavy atom. The lowest BCUT2D eigenvalue weighted by Gasteiger charge is -2.07. The first kappa shape index (κ1) is 15.2. The van der Waals surface area contributed by atoms with Crippen LogP contribution in [0.2, 0.25) is 0 Å². The zero-order chi connectivity index (χ0) is 15.4. The third kappa shape index (κ3) is 4.16. The van der Waals surface area contributed by atoms with Crippen molar-refractivity contribution in [2.75, 3.05) is 11.9 Å². The molecule has 0 amide bonds. The van der Waals surface area contributed by atoms with Crippen molar-refractivity contribution >= 4 is 23.1 Å². The minimum absolute atomic E-state index is 0.0559. The van der Waals surface area contributed by atoms with E-state index in [1.54, 1.807) is 0 Å². The van der Waals surface area contributed by atoms with Crippen LogP contribution in [0.4, 0.5) is 11.4 Å². The largest absolute Gasteiger partial charge is 0.385 e. The summed E-state index contributed by atoms with van der Waals surface area (Å²) in [7, 11) is 0. The highest BCUT2D eigenvalue weighted by Crippen LogP contribution is 2.31. The van der Waals surface area contributed by atoms with Gasteiger partial charge < -0.3 is 5.32 Å². The Morgan fingerprint density at radius 2 is 1.86 bits per heavy atom. The Bertz CT molecular complexity index is 656. The molecule has 0 saturated heterocycles. The van der Waals surface area contributed by atoms with E-state index in [0.717, 1.165) is 22.0 Å². The standard InChI is InChI=1S/C14H16N4O2S/c1-4-15-11-6-12(18(19)20)8-13(7-11)21-14-16-9(2)5-10(3)17-14/h5-8,15H,4H2,1-3H3. The fourth-order valence-corrected chi connectivity index (χ4v) is 2.85. The molecular formula is C14H16N4O2S. The molecule has 110 valence electrons. The van der Waals surface area contributed by atoms with Gasteiger partial charge in [0.25, 0.3) is 5.69 Å². The average Bonchev–Trinajstić information content (AvgIpc) is 2.37. The summed E-state index contributed by atoms with van der Waals surface area (Å²) in [5.74, 6) is 0. The molecule has 0 bridgehead atoms. The number of hydrogen-bond donors (Lipinski definition) is 1. The summed E-state index contributed by atoms with van der Waals surface area (Å²) >= 11 is 1.32. The number of aromatic nitrogens is 2. The van der Waals surface area contributed by atoms with Gasteiger partial charge in [0.15, 0.2) is 5.16 Å². The maximum absolute atomic E-state index is 11.0. The molecule has 1 aromatic carbocycles. The van der Waals surface area contributed by atoms with E-state index >= 15 is 0 Å². The van der Waals surface area contributed by atoms with Gasteiger partial charge in [-0.15, -0.1) is 0 Å². The van der Waals surface area contributed by atoms with Crippen LogP contribution in [0, 0.1) is 24.0 Å². The van der Waals surface area contributed by atoms with Crippen molar-refractivity contribution in [2.24, 2.45) is 0 Å². The monoisotopic (exact) mass is 304 g/mol. The summed E-state index contributed by atoms with van der Waals surface area (Å²) in [6.45, 7) is 6.44. The number of nitrogens with one attached hydrogen (secondary N) is 1. The van der Waals surface area contributed by atoms with E-state index in [9.17, 15) is 10.1 Å². The van der Waals surface area contributed by atoms with Crippen LogP contribution < -0.4 is 5.32 Å². The van der Waals surface area contributed by atoms with Gasteiger partial charge in [0.2, 0.25) is 0 Å². The highest BCUT2D eigenvalue weighted by Gasteiger charge is 2.12. The zero-order valence-electron chi connectivity index (χ0n) is 12.1. The van der Waals surface area contributed by atoms with Crippen LogP contribution in [0.1, 0.15) is 18.3 Å². The van der Waals surface area contributed by atoms with Crippen LogP contribution in [0.25, 0.3) is 0 Å². The quantitative estimate of drug-likeness (QED) is 0.516. The molecule has 0 aliphatic rings. The Morgan fingerprint density at radius 3 is 2.43 bits per heavy atom. The molecule has 1 N–H and O–H groups in total. The van der Waals surface area contributed by atoms with Crippen molar-refractivity contribution in [3.05, 3.63) is 45.8 Å². The van der Waals surface area contributed by atoms with Gasteiger partial charge in [-0.1, -0.05) is 0 Å². The summed E-state index contributed by atoms with van der Waals surface area (Å²) in [5, 5.41) is 14.7. The molecule has 7 heteroatoms. The molecule has 2 aromatic rings. The number of nitro benzene ring substituents is 1. The minimum atomic E-state index is -0.396. The first-order valence-corrected chi connectivity index (χ1v) is 7.33. The lowest BCUT2D eigenvalue weighted by molar-refractivity contribution is -0.385. The number of aryl methyl sites for hydroxylation is 2. The number of nitro groups is 1. The predicted molar refractivity (Wildman–Crippen MR) is 82.9 cm³/mol. The summed E-state index contributed by atoms with van der Waals surface area (Å²) in [6.07, 6.45) is 0. The van der Waals surface area contributed by atoms with Gasteiger partial charge >= 0.3 is 0 Å². The van der Waals surface area contributed by atoms with E-state index in [-0.39, 0.29) is 5.69 Å². The first-order valence-electron chi connectivity index (χ1n) is 6.51. The van der Waals surface area contributed by atoms with Gasteiger partial charge in [0.1, 0.15) is 0 Å². The van der Waals surface area contributed by atoms with Gasteiger partial charge in [-0.3, -0.25) is 10.1 Å². The number of non-ortho nitro benzene ring substituents is 1. The highest BCUT2D eigenvalue weighted by molar-refractivity contribution is 7.99. The molecule has 0 aliphatic heterocycles. The zero-order valence-corrected chi connectivity index (χ0v) is 12.9. The van der Waals surface area contributed by atoms with Gasteiger partial charge in [0.05, 0.1) is 4.92 Å². The van der Waals surface area contributed by atoms with Crippen LogP contribution in [0.3, 0.4) is 0 Å². The van der Waals surface area contributed by atoms with E-state index in [2.05, 4.69) is 15.3 Å². The maximum Gasteiger partial charge on any atom is 0.272 e. The second kappa shape index (κ2) is 6.53. The molecule has 0 saturated carbocycles. The number of nitrogens with zero attached hydrogens (tertiary/aromatic N) is 3. The Hall–Kier alpha value is -2.15. The molecule has 0 aliphatic carbocycles. The molecule has 1 aromatic heterocycles. The van der Waals surface area contributed by atoms with E-state index in [1.807, 2.05) is 32.9 Å². The summed E-state index contributed by atoms with van der Waals surface area (Å²) < 4.78 is 0. The third-order valence-corrected chi connectivity index (χ3v) is 3.49. The van der Waals surface area contributed by atoms with Gasteiger partial charge in [0, 0.05) is 40.6 Å². The van der Waals surface area contributed by atoms with E-state index in [4.69, 9.17) is 0 Å². The third-order valence-electron chi connectivity index (χ3n) is 2.65. The van der Waals surface area contributed by atoms with Gasteiger partial charge in [-0.05, 0) is 44.7 Å². The summed E-state index contributed by atoms with van der Waals surface area (Å²) in [4.78, 5) is 20.0. The van der Waals surface area contributed by atoms with Gasteiger partial charge in [-0.2, -0.15) is 0 Å². The molecule has 0 unspecified atom stereocenters. The van der Waals surface area contributed by atoms with Crippen LogP contribution in [0.5, 0.6) is 0 Å². The molecule has 0 atom stereocenters. The van der Waals surface area contributed by atoms with E-state index in [0.29, 0.717) is 11.7 Å². The van der Waals surface area contributed by atoms with Gasteiger partial charge in [-0.25, -0.2) is 9.97 Å². The minimum Gasteiger partial charge on any atom is -0.385 e. The normalized spacial score (nSPS) is 10.4. The van der Waals surface area contributed by atoms with E-state index < -0.39 is 4.92 Å². The molecule has 21 heavy (non-hydrogen) atoms. The Labute approximate surface area is 127 Å². The average molecular weight is 304 g/mol. The molecule has 2 rings (SSSR count). The number of anilines is 1. The van der Waals surface area contributed by atoms with Crippen LogP contribution in [-0.4, -0.2) is 21.4 Å². The van der Waals surface area contributed by atoms with E-state index in [1.165, 1.54) is 23.9 Å². The predicted octanol–water partition coefficient (Wildman–Crippen LogP) is 3.58. The second-order valence-corrected chi connectivity index (χ2v) is 5.58.